The zero-order valence-electron chi connectivity index (χ0n) is 17.1. The summed E-state index contributed by atoms with van der Waals surface area (Å²) < 4.78 is 1.94. The lowest BCUT2D eigenvalue weighted by Gasteiger charge is -2.18. The summed E-state index contributed by atoms with van der Waals surface area (Å²) in [5, 5.41) is 10.3. The summed E-state index contributed by atoms with van der Waals surface area (Å²) in [5.41, 5.74) is 3.09. The van der Waals surface area contributed by atoms with Gasteiger partial charge in [-0.2, -0.15) is 5.10 Å². The molecule has 2 rings (SSSR count). The van der Waals surface area contributed by atoms with Crippen molar-refractivity contribution >= 4 is 23.2 Å². The van der Waals surface area contributed by atoms with Crippen LogP contribution < -0.4 is 10.6 Å². The van der Waals surface area contributed by atoms with E-state index in [0.29, 0.717) is 11.3 Å². The Balaban J connectivity index is 2.16. The minimum Gasteiger partial charge on any atom is -0.326 e. The Kier molecular flexibility index (Phi) is 6.41. The van der Waals surface area contributed by atoms with Gasteiger partial charge in [0.1, 0.15) is 0 Å². The maximum Gasteiger partial charge on any atom is 0.255 e. The third kappa shape index (κ3) is 5.18. The van der Waals surface area contributed by atoms with Crippen molar-refractivity contribution in [1.82, 2.24) is 9.78 Å². The van der Waals surface area contributed by atoms with E-state index in [1.165, 1.54) is 0 Å². The molecule has 1 heterocycles. The van der Waals surface area contributed by atoms with Gasteiger partial charge in [-0.1, -0.05) is 40.2 Å². The fourth-order valence-electron chi connectivity index (χ4n) is 2.65. The molecule has 0 saturated heterocycles. The monoisotopic (exact) mass is 370 g/mol. The number of rotatable bonds is 6. The second-order valence-corrected chi connectivity index (χ2v) is 7.86. The van der Waals surface area contributed by atoms with Crippen LogP contribution in [-0.4, -0.2) is 21.6 Å². The molecule has 0 unspecified atom stereocenters. The van der Waals surface area contributed by atoms with E-state index in [9.17, 15) is 9.59 Å². The number of hydrogen-bond donors (Lipinski definition) is 2. The molecule has 0 atom stereocenters. The summed E-state index contributed by atoms with van der Waals surface area (Å²) in [7, 11) is 0. The van der Waals surface area contributed by atoms with Crippen molar-refractivity contribution in [3.8, 4) is 0 Å². The van der Waals surface area contributed by atoms with Crippen molar-refractivity contribution in [3.05, 3.63) is 41.2 Å². The Morgan fingerprint density at radius 3 is 2.48 bits per heavy atom. The van der Waals surface area contributed by atoms with Crippen molar-refractivity contribution in [1.29, 1.82) is 0 Å². The van der Waals surface area contributed by atoms with Gasteiger partial charge in [0.15, 0.2) is 0 Å². The zero-order chi connectivity index (χ0) is 20.2. The van der Waals surface area contributed by atoms with E-state index >= 15 is 0 Å². The largest absolute Gasteiger partial charge is 0.326 e. The number of nitrogens with one attached hydrogen (secondary N) is 2. The number of amides is 2. The molecule has 146 valence electrons. The van der Waals surface area contributed by atoms with Crippen molar-refractivity contribution < 1.29 is 9.59 Å². The van der Waals surface area contributed by atoms with Crippen LogP contribution in [-0.2, 0) is 11.3 Å². The average Bonchev–Trinajstić information content (AvgIpc) is 2.86. The summed E-state index contributed by atoms with van der Waals surface area (Å²) in [6, 6.07) is 6.96. The first-order valence-corrected chi connectivity index (χ1v) is 9.40. The Bertz CT molecular complexity index is 831. The number of benzene rings is 1. The van der Waals surface area contributed by atoms with Crippen LogP contribution in [0.1, 0.15) is 62.3 Å². The quantitative estimate of drug-likeness (QED) is 0.784. The van der Waals surface area contributed by atoms with E-state index in [4.69, 9.17) is 0 Å². The van der Waals surface area contributed by atoms with Crippen LogP contribution in [0.4, 0.5) is 11.4 Å². The van der Waals surface area contributed by atoms with Crippen molar-refractivity contribution in [3.63, 3.8) is 0 Å². The van der Waals surface area contributed by atoms with Crippen LogP contribution in [0.2, 0.25) is 0 Å². The molecule has 27 heavy (non-hydrogen) atoms. The fourth-order valence-corrected chi connectivity index (χ4v) is 2.65. The van der Waals surface area contributed by atoms with E-state index in [0.717, 1.165) is 36.5 Å². The smallest absolute Gasteiger partial charge is 0.255 e. The summed E-state index contributed by atoms with van der Waals surface area (Å²) in [5.74, 6) is -0.313. The lowest BCUT2D eigenvalue weighted by Crippen LogP contribution is -2.27. The number of carbonyl (C=O) groups is 2. The number of anilines is 2. The van der Waals surface area contributed by atoms with Gasteiger partial charge >= 0.3 is 0 Å². The maximum absolute atomic E-state index is 12.7. The molecule has 0 aliphatic heterocycles. The summed E-state index contributed by atoms with van der Waals surface area (Å²) in [6.45, 7) is 12.4. The molecular formula is C21H30N4O2. The van der Waals surface area contributed by atoms with Crippen LogP contribution in [0.25, 0.3) is 0 Å². The first-order chi connectivity index (χ1) is 12.6. The van der Waals surface area contributed by atoms with Gasteiger partial charge in [-0.3, -0.25) is 14.3 Å². The average molecular weight is 370 g/mol. The molecule has 0 fully saturated rings. The van der Waals surface area contributed by atoms with Crippen LogP contribution in [0.15, 0.2) is 24.3 Å². The van der Waals surface area contributed by atoms with Gasteiger partial charge in [0.2, 0.25) is 5.91 Å². The topological polar surface area (TPSA) is 76.0 Å². The molecule has 6 heteroatoms. The molecular weight excluding hydrogens is 340 g/mol. The Hall–Kier alpha value is -2.63. The number of nitrogens with zero attached hydrogens (tertiary/aromatic N) is 2. The van der Waals surface area contributed by atoms with E-state index in [-0.39, 0.29) is 11.8 Å². The normalized spacial score (nSPS) is 11.3. The van der Waals surface area contributed by atoms with Gasteiger partial charge in [-0.05, 0) is 38.5 Å². The van der Waals surface area contributed by atoms with E-state index in [2.05, 4.69) is 22.7 Å². The Morgan fingerprint density at radius 1 is 1.15 bits per heavy atom. The Labute approximate surface area is 161 Å². The summed E-state index contributed by atoms with van der Waals surface area (Å²) in [4.78, 5) is 24.9. The van der Waals surface area contributed by atoms with Crippen LogP contribution in [0.3, 0.4) is 0 Å². The van der Waals surface area contributed by atoms with Crippen LogP contribution >= 0.6 is 0 Å². The molecule has 2 aromatic rings. The third-order valence-electron chi connectivity index (χ3n) is 4.41. The van der Waals surface area contributed by atoms with Gasteiger partial charge in [0.25, 0.3) is 5.91 Å². The van der Waals surface area contributed by atoms with Gasteiger partial charge in [0.05, 0.1) is 17.1 Å². The van der Waals surface area contributed by atoms with Gasteiger partial charge < -0.3 is 10.6 Å². The second kappa shape index (κ2) is 8.37. The second-order valence-electron chi connectivity index (χ2n) is 7.86. The summed E-state index contributed by atoms with van der Waals surface area (Å²) >= 11 is 0. The molecule has 2 amide bonds. The molecule has 0 bridgehead atoms. The number of unbranched alkanes of at least 4 members (excludes halogenated alkanes) is 1. The van der Waals surface area contributed by atoms with Crippen molar-refractivity contribution in [2.24, 2.45) is 5.41 Å². The third-order valence-corrected chi connectivity index (χ3v) is 4.41. The molecule has 1 aromatic carbocycles. The number of aromatic nitrogens is 2. The molecule has 0 radical (unpaired) electrons. The first kappa shape index (κ1) is 20.7. The fraction of sp³-hybridized carbons (Fsp3) is 0.476. The summed E-state index contributed by atoms with van der Waals surface area (Å²) in [6.07, 6.45) is 2.14. The highest BCUT2D eigenvalue weighted by Crippen LogP contribution is 2.22. The van der Waals surface area contributed by atoms with E-state index < -0.39 is 5.41 Å². The van der Waals surface area contributed by atoms with E-state index in [1.54, 1.807) is 24.3 Å². The minimum atomic E-state index is -0.500. The Morgan fingerprint density at radius 2 is 1.85 bits per heavy atom. The van der Waals surface area contributed by atoms with Gasteiger partial charge in [-0.25, -0.2) is 0 Å². The molecule has 1 aromatic heterocycles. The molecule has 2 N–H and O–H groups in total. The van der Waals surface area contributed by atoms with Gasteiger partial charge in [0, 0.05) is 23.2 Å². The molecule has 0 aliphatic rings. The standard InChI is InChI=1S/C21H30N4O2/c1-7-8-12-25-15(3)18(14(2)24-25)23-19(26)16-10-9-11-17(13-16)22-20(27)21(4,5)6/h9-11,13H,7-8,12H2,1-6H3,(H,22,27)(H,23,26). The molecule has 0 spiro atoms. The number of carbonyl (C=O) groups excluding carboxylic acids is 2. The highest BCUT2D eigenvalue weighted by molar-refractivity contribution is 6.06. The number of aryl methyl sites for hydroxylation is 2. The highest BCUT2D eigenvalue weighted by atomic mass is 16.2. The van der Waals surface area contributed by atoms with Crippen molar-refractivity contribution in [2.75, 3.05) is 10.6 Å². The lowest BCUT2D eigenvalue weighted by molar-refractivity contribution is -0.123. The maximum atomic E-state index is 12.7. The SMILES string of the molecule is CCCCn1nc(C)c(NC(=O)c2cccc(NC(=O)C(C)(C)C)c2)c1C. The van der Waals surface area contributed by atoms with Crippen LogP contribution in [0, 0.1) is 19.3 Å². The minimum absolute atomic E-state index is 0.0936. The first-order valence-electron chi connectivity index (χ1n) is 9.40. The molecule has 6 nitrogen and oxygen atoms in total. The highest BCUT2D eigenvalue weighted by Gasteiger charge is 2.21. The van der Waals surface area contributed by atoms with Crippen LogP contribution in [0.5, 0.6) is 0 Å². The lowest BCUT2D eigenvalue weighted by atomic mass is 9.95. The predicted octanol–water partition coefficient (Wildman–Crippen LogP) is 4.54. The molecule has 0 aliphatic carbocycles. The number of hydrogen-bond acceptors (Lipinski definition) is 3. The van der Waals surface area contributed by atoms with E-state index in [1.807, 2.05) is 39.3 Å². The van der Waals surface area contributed by atoms with Gasteiger partial charge in [-0.15, -0.1) is 0 Å². The zero-order valence-corrected chi connectivity index (χ0v) is 17.1. The van der Waals surface area contributed by atoms with Crippen molar-refractivity contribution in [2.45, 2.75) is 60.9 Å². The predicted molar refractivity (Wildman–Crippen MR) is 109 cm³/mol. The molecule has 0 saturated carbocycles.